The Hall–Kier alpha value is -0.726. The minimum absolute atomic E-state index is 0.00225. The van der Waals surface area contributed by atoms with E-state index in [0.717, 1.165) is 88.4 Å². The predicted octanol–water partition coefficient (Wildman–Crippen LogP) is 15.9. The molecule has 0 saturated carbocycles. The van der Waals surface area contributed by atoms with Gasteiger partial charge in [0.15, 0.2) is 16.6 Å². The van der Waals surface area contributed by atoms with Gasteiger partial charge in [0.1, 0.15) is 10.9 Å². The molecule has 0 bridgehead atoms. The molecule has 9 atom stereocenters. The van der Waals surface area contributed by atoms with Crippen molar-refractivity contribution in [1.29, 1.82) is 0 Å². The van der Waals surface area contributed by atoms with Crippen molar-refractivity contribution in [3.05, 3.63) is 30.3 Å². The van der Waals surface area contributed by atoms with Crippen molar-refractivity contribution in [3.63, 3.8) is 0 Å². The van der Waals surface area contributed by atoms with Crippen LogP contribution in [0.5, 0.6) is 0 Å². The minimum Gasteiger partial charge on any atom is -0.462 e. The molecule has 1 aromatic rings. The summed E-state index contributed by atoms with van der Waals surface area (Å²) in [6, 6.07) is 10.3. The van der Waals surface area contributed by atoms with Crippen molar-refractivity contribution >= 4 is 34.4 Å². The van der Waals surface area contributed by atoms with Gasteiger partial charge >= 0.3 is 5.97 Å². The van der Waals surface area contributed by atoms with E-state index in [-0.39, 0.29) is 58.8 Å². The van der Waals surface area contributed by atoms with E-state index in [1.165, 1.54) is 64.2 Å². The van der Waals surface area contributed by atoms with E-state index in [2.05, 4.69) is 86.8 Å². The number of hydrogen-bond donors (Lipinski definition) is 1. The van der Waals surface area contributed by atoms with Gasteiger partial charge in [0.25, 0.3) is 0 Å². The van der Waals surface area contributed by atoms with Crippen LogP contribution >= 0.6 is 11.8 Å². The number of rotatable bonds is 30. The van der Waals surface area contributed by atoms with Crippen LogP contribution < -0.4 is 0 Å². The van der Waals surface area contributed by atoms with E-state index in [4.69, 9.17) is 23.1 Å². The fraction of sp³-hybridized carbons (Fsp3) is 0.873. The predicted molar refractivity (Wildman–Crippen MR) is 279 cm³/mol. The van der Waals surface area contributed by atoms with Crippen LogP contribution in [0.1, 0.15) is 216 Å². The smallest absolute Gasteiger partial charge is 0.323 e. The van der Waals surface area contributed by atoms with Gasteiger partial charge in [0.2, 0.25) is 0 Å². The highest BCUT2D eigenvalue weighted by molar-refractivity contribution is 8.01. The van der Waals surface area contributed by atoms with E-state index in [0.29, 0.717) is 12.8 Å². The Morgan fingerprint density at radius 3 is 1.78 bits per heavy atom. The highest BCUT2D eigenvalue weighted by atomic mass is 32.2. The van der Waals surface area contributed by atoms with E-state index in [1.54, 1.807) is 11.8 Å². The van der Waals surface area contributed by atoms with Crippen LogP contribution in [0.4, 0.5) is 0 Å². The van der Waals surface area contributed by atoms with Crippen molar-refractivity contribution in [2.75, 3.05) is 0 Å². The number of thioether (sulfide) groups is 1. The maximum absolute atomic E-state index is 13.6. The maximum atomic E-state index is 13.6. The molecule has 3 fully saturated rings. The lowest BCUT2D eigenvalue weighted by Gasteiger charge is -2.41. The summed E-state index contributed by atoms with van der Waals surface area (Å²) in [5, 5.41) is 11.7. The molecule has 65 heavy (non-hydrogen) atoms. The molecule has 1 aromatic carbocycles. The monoisotopic (exact) mass is 961 g/mol. The first-order chi connectivity index (χ1) is 30.7. The second-order valence-electron chi connectivity index (χ2n) is 23.8. The van der Waals surface area contributed by atoms with Crippen molar-refractivity contribution in [3.8, 4) is 0 Å². The van der Waals surface area contributed by atoms with Crippen LogP contribution in [0.15, 0.2) is 35.2 Å². The number of unbranched alkanes of at least 4 members (excludes halogenated alkanes) is 13. The fourth-order valence-corrected chi connectivity index (χ4v) is 14.1. The Kier molecular flexibility index (Phi) is 23.6. The molecular weight excluding hydrogens is 861 g/mol. The third-order valence-electron chi connectivity index (χ3n) is 16.0. The molecule has 7 nitrogen and oxygen atoms in total. The van der Waals surface area contributed by atoms with Gasteiger partial charge < -0.3 is 28.2 Å². The second kappa shape index (κ2) is 27.0. The number of ether oxygens (including phenoxy) is 3. The molecule has 10 heteroatoms. The first-order valence-electron chi connectivity index (χ1n) is 27.0. The van der Waals surface area contributed by atoms with Crippen LogP contribution in [-0.2, 0) is 27.9 Å². The molecule has 0 radical (unpaired) electrons. The maximum Gasteiger partial charge on any atom is 0.323 e. The second-order valence-corrected chi connectivity index (χ2v) is 34.7. The number of cyclic esters (lactones) is 1. The summed E-state index contributed by atoms with van der Waals surface area (Å²) >= 11 is 1.67. The van der Waals surface area contributed by atoms with Gasteiger partial charge in [-0.05, 0) is 113 Å². The molecule has 3 aliphatic rings. The molecule has 0 aromatic heterocycles. The number of esters is 1. The first kappa shape index (κ1) is 56.9. The summed E-state index contributed by atoms with van der Waals surface area (Å²) in [6.07, 6.45) is 27.9. The normalized spacial score (nSPS) is 26.0. The molecule has 4 rings (SSSR count). The number of aliphatic hydroxyl groups excluding tert-OH is 1. The van der Waals surface area contributed by atoms with Crippen molar-refractivity contribution in [2.24, 2.45) is 0 Å². The highest BCUT2D eigenvalue weighted by Gasteiger charge is 2.51. The average Bonchev–Trinajstić information content (AvgIpc) is 3.83. The molecule has 1 unspecified atom stereocenters. The summed E-state index contributed by atoms with van der Waals surface area (Å²) < 4.78 is 33.1. The van der Waals surface area contributed by atoms with Crippen LogP contribution in [0.25, 0.3) is 0 Å². The summed E-state index contributed by atoms with van der Waals surface area (Å²) in [5.41, 5.74) is 0. The Morgan fingerprint density at radius 1 is 0.692 bits per heavy atom. The third kappa shape index (κ3) is 18.5. The molecule has 0 spiro atoms. The number of carbonyl (C=O) groups excluding carboxylic acids is 1. The Bertz CT molecular complexity index is 1480. The van der Waals surface area contributed by atoms with Crippen molar-refractivity contribution < 1.29 is 33.0 Å². The van der Waals surface area contributed by atoms with Crippen molar-refractivity contribution in [2.45, 2.75) is 311 Å². The topological polar surface area (TPSA) is 83.5 Å². The number of hydrogen-bond acceptors (Lipinski definition) is 8. The first-order valence-corrected chi connectivity index (χ1v) is 33.6. The zero-order valence-corrected chi connectivity index (χ0v) is 46.8. The molecule has 1 N–H and O–H groups in total. The van der Waals surface area contributed by atoms with E-state index in [9.17, 15) is 9.90 Å². The zero-order valence-electron chi connectivity index (χ0n) is 44.0. The van der Waals surface area contributed by atoms with Crippen molar-refractivity contribution in [1.82, 2.24) is 0 Å². The Labute approximate surface area is 406 Å². The molecule has 0 aliphatic carbocycles. The SMILES string of the molecule is CCCCCCCCCCCC[C@@H](O[Si](C)(C)C(C)(C)C)[C@H]1CC[C@H]([C@H]2CCC[C@@H]([C@@H](O)CCCCCCC[C@H](CC3(Sc4ccccc4)C[C@H](C)OC3=O)O[Si](C)(C)C(C)(C)C)O2)O1. The van der Waals surface area contributed by atoms with Gasteiger partial charge in [-0.3, -0.25) is 4.79 Å². The summed E-state index contributed by atoms with van der Waals surface area (Å²) in [4.78, 5) is 14.7. The minimum atomic E-state index is -2.08. The van der Waals surface area contributed by atoms with Crippen LogP contribution in [0.3, 0.4) is 0 Å². The van der Waals surface area contributed by atoms with Gasteiger partial charge in [0.05, 0.1) is 36.6 Å². The van der Waals surface area contributed by atoms with Crippen LogP contribution in [0.2, 0.25) is 36.3 Å². The third-order valence-corrected chi connectivity index (χ3v) is 26.4. The average molecular weight is 962 g/mol. The summed E-state index contributed by atoms with van der Waals surface area (Å²) in [7, 11) is -4.04. The molecule has 3 aliphatic heterocycles. The Morgan fingerprint density at radius 2 is 1.22 bits per heavy atom. The van der Waals surface area contributed by atoms with Crippen LogP contribution in [-0.4, -0.2) is 81.3 Å². The number of benzene rings is 1. The van der Waals surface area contributed by atoms with E-state index >= 15 is 0 Å². The lowest BCUT2D eigenvalue weighted by atomic mass is 9.93. The van der Waals surface area contributed by atoms with E-state index in [1.807, 2.05) is 25.1 Å². The Balaban J connectivity index is 1.22. The summed E-state index contributed by atoms with van der Waals surface area (Å²) in [6.45, 7) is 27.7. The van der Waals surface area contributed by atoms with Gasteiger partial charge in [-0.1, -0.05) is 163 Å². The number of carbonyl (C=O) groups is 1. The van der Waals surface area contributed by atoms with E-state index < -0.39 is 27.5 Å². The van der Waals surface area contributed by atoms with Gasteiger partial charge in [-0.25, -0.2) is 0 Å². The zero-order chi connectivity index (χ0) is 47.7. The standard InChI is InChI=1S/C55H100O7SSi2/c1-13-14-15-16-17-18-19-20-24-30-36-51(62-65(11,12)54(6,7)8)50-40-39-49(60-50)48-38-31-37-47(59-48)46(56)35-29-23-21-22-26-32-44(61-64(9,10)53(3,4)5)42-55(41-43(2)58-52(55)57)63-45-33-27-25-28-34-45/h25,27-28,33-34,43-44,46-51,56H,13-24,26,29-32,35-42H2,1-12H3/t43-,44+,46-,47-,48+,49+,50+,51+,55?/m0/s1. The molecule has 376 valence electrons. The van der Waals surface area contributed by atoms with Gasteiger partial charge in [-0.15, -0.1) is 11.8 Å². The fourth-order valence-electron chi connectivity index (χ4n) is 9.87. The van der Waals surface area contributed by atoms with Crippen LogP contribution in [0, 0.1) is 0 Å². The lowest BCUT2D eigenvalue weighted by Crippen LogP contribution is -2.47. The lowest BCUT2D eigenvalue weighted by molar-refractivity contribution is -0.159. The quantitative estimate of drug-likeness (QED) is 0.0464. The number of aliphatic hydroxyl groups is 1. The summed E-state index contributed by atoms with van der Waals surface area (Å²) in [5.74, 6) is -0.0930. The highest BCUT2D eigenvalue weighted by Crippen LogP contribution is 2.48. The molecule has 3 saturated heterocycles. The van der Waals surface area contributed by atoms with Gasteiger partial charge in [-0.2, -0.15) is 0 Å². The molecule has 3 heterocycles. The van der Waals surface area contributed by atoms with Gasteiger partial charge in [0, 0.05) is 17.4 Å². The molecule has 0 amide bonds. The molecular formula is C55H100O7SSi2. The largest absolute Gasteiger partial charge is 0.462 e.